The zero-order valence-corrected chi connectivity index (χ0v) is 50.7. The van der Waals surface area contributed by atoms with Crippen LogP contribution in [-0.4, -0.2) is 136 Å². The van der Waals surface area contributed by atoms with Gasteiger partial charge in [0, 0.05) is 49.9 Å². The smallest absolute Gasteiger partial charge is 0.246 e. The first kappa shape index (κ1) is 70.8. The van der Waals surface area contributed by atoms with E-state index in [1.165, 1.54) is 13.8 Å². The van der Waals surface area contributed by atoms with Crippen molar-refractivity contribution in [3.8, 4) is 0 Å². The highest BCUT2D eigenvalue weighted by atomic mass is 16.3. The summed E-state index contributed by atoms with van der Waals surface area (Å²) in [6.07, 6.45) is 0.708. The van der Waals surface area contributed by atoms with Crippen LogP contribution in [0.15, 0.2) is 30.3 Å². The third kappa shape index (κ3) is 20.7. The number of carbonyl (C=O) groups excluding carboxylic acids is 12. The average molecular weight is 1170 g/mol. The number of primary amides is 1. The predicted molar refractivity (Wildman–Crippen MR) is 310 cm³/mol. The van der Waals surface area contributed by atoms with E-state index in [9.17, 15) is 67.7 Å². The number of hydrogen-bond acceptors (Lipinski definition) is 14. The lowest BCUT2D eigenvalue weighted by Gasteiger charge is -2.31. The Hall–Kier alpha value is -6.42. The van der Waals surface area contributed by atoms with E-state index < -0.39 is 187 Å². The van der Waals surface area contributed by atoms with Crippen LogP contribution in [0.2, 0.25) is 0 Å². The molecule has 0 radical (unpaired) electrons. The molecule has 1 saturated heterocycles. The number of aliphatic hydroxyl groups is 2. The van der Waals surface area contributed by atoms with Crippen molar-refractivity contribution in [3.63, 3.8) is 0 Å². The van der Waals surface area contributed by atoms with Crippen molar-refractivity contribution in [2.75, 3.05) is 13.2 Å². The Balaban J connectivity index is 1.83. The molecule has 1 aromatic carbocycles. The molecular weight excluding hydrogens is 1070 g/mol. The highest BCUT2D eigenvalue weighted by molar-refractivity contribution is 6.01. The van der Waals surface area contributed by atoms with Gasteiger partial charge in [-0.15, -0.1) is 0 Å². The quantitative estimate of drug-likeness (QED) is 0.0484. The van der Waals surface area contributed by atoms with E-state index in [-0.39, 0.29) is 30.6 Å². The van der Waals surface area contributed by atoms with Crippen molar-refractivity contribution in [2.45, 2.75) is 208 Å². The topological polar surface area (TPSA) is 356 Å². The molecule has 2 aliphatic rings. The Morgan fingerprint density at radius 3 is 1.66 bits per heavy atom. The monoisotopic (exact) mass is 1160 g/mol. The van der Waals surface area contributed by atoms with E-state index in [4.69, 9.17) is 5.73 Å². The Bertz CT molecular complexity index is 2430. The number of nitrogens with one attached hydrogen (secondary N) is 7. The molecule has 11 N–H and O–H groups in total. The van der Waals surface area contributed by atoms with Crippen molar-refractivity contribution < 1.29 is 67.7 Å². The summed E-state index contributed by atoms with van der Waals surface area (Å²) in [5.74, 6) is -14.9. The van der Waals surface area contributed by atoms with Crippen molar-refractivity contribution >= 4 is 70.4 Å². The summed E-state index contributed by atoms with van der Waals surface area (Å²) >= 11 is 0. The SMILES string of the molecule is CC[C@H](Cc1ccccc1)C(=O)N[C@H](C(=O)C[C@@H](CO)C(=O)N[C@H](CCC(N)=O)C(=O)C[C@@H](C(=O)N[C@H](C(=O)C[C@@H](CO)C(=O)N[C@H]1C(=O)C[C@@H](C)C(=O)NC2(CC2)C(=O)N[C@@H]([C@@H](C)CC)C(=O)N[C@H]1C)[C@@H](C)CC)[C@@H](C)CC)[C@@H](C)CC. The molecule has 1 saturated carbocycles. The van der Waals surface area contributed by atoms with Gasteiger partial charge in [-0.25, -0.2) is 0 Å². The Morgan fingerprint density at radius 2 is 1.17 bits per heavy atom. The molecular formula is C61H96N8O14. The predicted octanol–water partition coefficient (Wildman–Crippen LogP) is 2.60. The Morgan fingerprint density at radius 1 is 0.639 bits per heavy atom. The molecule has 1 heterocycles. The van der Waals surface area contributed by atoms with Gasteiger partial charge in [-0.3, -0.25) is 57.5 Å². The second-order valence-corrected chi connectivity index (χ2v) is 23.6. The molecule has 464 valence electrons. The number of benzene rings is 1. The van der Waals surface area contributed by atoms with Gasteiger partial charge < -0.3 is 53.2 Å². The molecule has 1 aromatic rings. The summed E-state index contributed by atoms with van der Waals surface area (Å²) in [5.41, 5.74) is 5.22. The fourth-order valence-electron chi connectivity index (χ4n) is 10.3. The lowest BCUT2D eigenvalue weighted by Crippen LogP contribution is -2.60. The van der Waals surface area contributed by atoms with Crippen LogP contribution in [0, 0.1) is 53.3 Å². The first-order valence-corrected chi connectivity index (χ1v) is 30.0. The van der Waals surface area contributed by atoms with Gasteiger partial charge in [-0.1, -0.05) is 125 Å². The van der Waals surface area contributed by atoms with Crippen LogP contribution in [0.4, 0.5) is 0 Å². The van der Waals surface area contributed by atoms with Gasteiger partial charge >= 0.3 is 0 Å². The van der Waals surface area contributed by atoms with Crippen molar-refractivity contribution in [2.24, 2.45) is 59.0 Å². The highest BCUT2D eigenvalue weighted by Gasteiger charge is 2.53. The zero-order valence-electron chi connectivity index (χ0n) is 50.7. The van der Waals surface area contributed by atoms with Crippen LogP contribution in [0.25, 0.3) is 0 Å². The van der Waals surface area contributed by atoms with Gasteiger partial charge in [-0.05, 0) is 68.3 Å². The number of carbonyl (C=O) groups is 12. The number of rotatable bonds is 33. The standard InChI is InChI=1S/C61H96N8O14/c1-12-33(6)43(30-45(72)44(22-23-49(62)76)64-56(79)41(31-70)28-47(74)50(34(7)13-2)65-55(78)40(16-5)27-39-20-18-17-19-21-39)58(81)66-51(35(8)14-3)48(75)29-42(32-71)57(80)67-53-38(11)63-59(82)52(36(9)15-4)68-60(83)61(24-25-61)69-54(77)37(10)26-46(53)73/h17-21,33-38,40-44,50-53,70-71H,12-16,22-32H2,1-11H3,(H2,62,76)(H,63,82)(H,64,79)(H,65,78)(H,66,81)(H,67,80)(H,68,83)(H,69,77)/t33-,34-,35-,36-,37+,38-,40+,41-,42-,43+,44+,50-,51-,52-,53+/m0/s1. The molecule has 1 spiro atoms. The maximum absolute atomic E-state index is 14.5. The molecule has 83 heavy (non-hydrogen) atoms. The van der Waals surface area contributed by atoms with Crippen molar-refractivity contribution in [3.05, 3.63) is 35.9 Å². The third-order valence-corrected chi connectivity index (χ3v) is 17.3. The van der Waals surface area contributed by atoms with Crippen LogP contribution in [0.1, 0.15) is 165 Å². The lowest BCUT2D eigenvalue weighted by atomic mass is 9.83. The molecule has 0 aromatic heterocycles. The normalized spacial score (nSPS) is 22.2. The van der Waals surface area contributed by atoms with Crippen LogP contribution >= 0.6 is 0 Å². The zero-order chi connectivity index (χ0) is 62.5. The molecule has 22 nitrogen and oxygen atoms in total. The average Bonchev–Trinajstić information content (AvgIpc) is 4.35. The van der Waals surface area contributed by atoms with Crippen molar-refractivity contribution in [1.82, 2.24) is 37.2 Å². The van der Waals surface area contributed by atoms with E-state index >= 15 is 0 Å². The second-order valence-electron chi connectivity index (χ2n) is 23.6. The molecule has 0 bridgehead atoms. The minimum absolute atomic E-state index is 0.284. The number of Topliss-reactive ketones (excluding diaryl/α,β-unsaturated/α-hetero) is 4. The molecule has 0 unspecified atom stereocenters. The Labute approximate surface area is 489 Å². The maximum Gasteiger partial charge on any atom is 0.246 e. The molecule has 15 atom stereocenters. The number of nitrogens with two attached hydrogens (primary N) is 1. The van der Waals surface area contributed by atoms with Gasteiger partial charge in [0.25, 0.3) is 0 Å². The fourth-order valence-corrected chi connectivity index (χ4v) is 10.3. The molecule has 22 heteroatoms. The fraction of sp³-hybridized carbons (Fsp3) is 0.705. The minimum atomic E-state index is -1.47. The number of ketones is 4. The minimum Gasteiger partial charge on any atom is -0.396 e. The molecule has 1 aliphatic heterocycles. The van der Waals surface area contributed by atoms with E-state index in [1.807, 2.05) is 51.1 Å². The summed E-state index contributed by atoms with van der Waals surface area (Å²) in [6, 6.07) is 2.19. The van der Waals surface area contributed by atoms with Crippen LogP contribution in [0.5, 0.6) is 0 Å². The van der Waals surface area contributed by atoms with Crippen molar-refractivity contribution in [1.29, 1.82) is 0 Å². The first-order valence-electron chi connectivity index (χ1n) is 30.0. The summed E-state index contributed by atoms with van der Waals surface area (Å²) in [5, 5.41) is 40.3. The number of aliphatic hydroxyl groups excluding tert-OH is 2. The van der Waals surface area contributed by atoms with Gasteiger partial charge in [0.2, 0.25) is 47.3 Å². The number of hydrogen-bond donors (Lipinski definition) is 10. The van der Waals surface area contributed by atoms with E-state index in [0.29, 0.717) is 51.4 Å². The summed E-state index contributed by atoms with van der Waals surface area (Å²) in [4.78, 5) is 166. The van der Waals surface area contributed by atoms with E-state index in [2.05, 4.69) is 37.2 Å². The largest absolute Gasteiger partial charge is 0.396 e. The lowest BCUT2D eigenvalue weighted by molar-refractivity contribution is -0.138. The third-order valence-electron chi connectivity index (χ3n) is 17.3. The summed E-state index contributed by atoms with van der Waals surface area (Å²) in [6.45, 7) is 17.4. The van der Waals surface area contributed by atoms with Gasteiger partial charge in [-0.2, -0.15) is 0 Å². The molecule has 1 aliphatic carbocycles. The second kappa shape index (κ2) is 33.8. The molecule has 3 rings (SSSR count). The summed E-state index contributed by atoms with van der Waals surface area (Å²) < 4.78 is 0. The Kier molecular flexibility index (Phi) is 28.8. The molecule has 8 amide bonds. The molecule has 2 fully saturated rings. The summed E-state index contributed by atoms with van der Waals surface area (Å²) in [7, 11) is 0. The number of amides is 8. The van der Waals surface area contributed by atoms with E-state index in [1.54, 1.807) is 41.5 Å². The van der Waals surface area contributed by atoms with Gasteiger partial charge in [0.05, 0.1) is 49.2 Å². The highest BCUT2D eigenvalue weighted by Crippen LogP contribution is 2.37. The van der Waals surface area contributed by atoms with Gasteiger partial charge in [0.1, 0.15) is 17.6 Å². The maximum atomic E-state index is 14.5. The van der Waals surface area contributed by atoms with E-state index in [0.717, 1.165) is 5.56 Å². The van der Waals surface area contributed by atoms with Crippen LogP contribution in [0.3, 0.4) is 0 Å². The van der Waals surface area contributed by atoms with Gasteiger partial charge in [0.15, 0.2) is 23.1 Å². The first-order chi connectivity index (χ1) is 39.1. The van der Waals surface area contributed by atoms with Crippen LogP contribution in [-0.2, 0) is 64.0 Å². The van der Waals surface area contributed by atoms with Crippen LogP contribution < -0.4 is 43.0 Å².